The first-order valence-corrected chi connectivity index (χ1v) is 5.70. The molecule has 1 amide bonds. The first-order chi connectivity index (χ1) is 7.87. The predicted octanol–water partition coefficient (Wildman–Crippen LogP) is 1.09. The van der Waals surface area contributed by atoms with Crippen LogP contribution in [-0.4, -0.2) is 23.2 Å². The molecule has 1 aromatic carbocycles. The number of rotatable bonds is 5. The van der Waals surface area contributed by atoms with Crippen LogP contribution in [0.4, 0.5) is 5.69 Å². The quantitative estimate of drug-likeness (QED) is 0.670. The van der Waals surface area contributed by atoms with E-state index in [4.69, 9.17) is 5.73 Å². The lowest BCUT2D eigenvalue weighted by molar-refractivity contribution is -0.122. The highest BCUT2D eigenvalue weighted by atomic mass is 16.3. The van der Waals surface area contributed by atoms with Gasteiger partial charge < -0.3 is 16.2 Å². The summed E-state index contributed by atoms with van der Waals surface area (Å²) < 4.78 is 0. The van der Waals surface area contributed by atoms with Crippen molar-refractivity contribution in [3.8, 4) is 0 Å². The van der Waals surface area contributed by atoms with E-state index in [0.29, 0.717) is 12.8 Å². The van der Waals surface area contributed by atoms with Crippen molar-refractivity contribution in [2.75, 3.05) is 12.3 Å². The molecule has 0 spiro atoms. The number of carbonyl (C=O) groups is 1. The van der Waals surface area contributed by atoms with E-state index in [-0.39, 0.29) is 12.5 Å². The van der Waals surface area contributed by atoms with E-state index in [0.717, 1.165) is 11.3 Å². The van der Waals surface area contributed by atoms with Crippen LogP contribution in [0.5, 0.6) is 0 Å². The molecule has 4 N–H and O–H groups in total. The Kier molecular flexibility index (Phi) is 4.52. The second-order valence-electron chi connectivity index (χ2n) is 4.83. The highest BCUT2D eigenvalue weighted by molar-refractivity contribution is 5.76. The number of nitrogens with two attached hydrogens (primary N) is 1. The Hall–Kier alpha value is -1.55. The van der Waals surface area contributed by atoms with E-state index in [2.05, 4.69) is 5.32 Å². The molecule has 0 aliphatic carbocycles. The third kappa shape index (κ3) is 5.92. The molecule has 4 nitrogen and oxygen atoms in total. The van der Waals surface area contributed by atoms with Crippen molar-refractivity contribution in [2.45, 2.75) is 32.3 Å². The minimum atomic E-state index is -0.864. The third-order valence-electron chi connectivity index (χ3n) is 2.34. The molecule has 0 saturated heterocycles. The Morgan fingerprint density at radius 1 is 1.35 bits per heavy atom. The van der Waals surface area contributed by atoms with E-state index in [1.807, 2.05) is 24.3 Å². The summed E-state index contributed by atoms with van der Waals surface area (Å²) in [5.41, 5.74) is 6.51. The summed E-state index contributed by atoms with van der Waals surface area (Å²) in [4.78, 5) is 11.5. The van der Waals surface area contributed by atoms with Crippen LogP contribution in [0.1, 0.15) is 25.8 Å². The zero-order valence-electron chi connectivity index (χ0n) is 10.4. The molecule has 1 rings (SSSR count). The fourth-order valence-electron chi connectivity index (χ4n) is 1.35. The molecule has 0 saturated carbocycles. The smallest absolute Gasteiger partial charge is 0.220 e. The van der Waals surface area contributed by atoms with Crippen molar-refractivity contribution in [2.24, 2.45) is 0 Å². The van der Waals surface area contributed by atoms with Crippen LogP contribution in [0.3, 0.4) is 0 Å². The fourth-order valence-corrected chi connectivity index (χ4v) is 1.35. The number of nitrogens with one attached hydrogen (secondary N) is 1. The van der Waals surface area contributed by atoms with E-state index >= 15 is 0 Å². The van der Waals surface area contributed by atoms with Crippen LogP contribution in [0.2, 0.25) is 0 Å². The number of aliphatic hydroxyl groups is 1. The molecule has 0 fully saturated rings. The summed E-state index contributed by atoms with van der Waals surface area (Å²) >= 11 is 0. The zero-order chi connectivity index (χ0) is 12.9. The number of benzene rings is 1. The Morgan fingerprint density at radius 3 is 2.47 bits per heavy atom. The van der Waals surface area contributed by atoms with Crippen LogP contribution >= 0.6 is 0 Å². The van der Waals surface area contributed by atoms with E-state index in [1.54, 1.807) is 13.8 Å². The van der Waals surface area contributed by atoms with E-state index in [9.17, 15) is 9.90 Å². The van der Waals surface area contributed by atoms with Gasteiger partial charge in [-0.05, 0) is 38.0 Å². The van der Waals surface area contributed by atoms with Gasteiger partial charge in [-0.3, -0.25) is 4.79 Å². The number of anilines is 1. The minimum Gasteiger partial charge on any atom is -0.399 e. The van der Waals surface area contributed by atoms with Crippen LogP contribution in [-0.2, 0) is 11.2 Å². The number of nitrogen functional groups attached to an aromatic ring is 1. The molecule has 0 radical (unpaired) electrons. The highest BCUT2D eigenvalue weighted by Crippen LogP contribution is 2.07. The van der Waals surface area contributed by atoms with Gasteiger partial charge in [0.15, 0.2) is 0 Å². The summed E-state index contributed by atoms with van der Waals surface area (Å²) in [5, 5.41) is 12.1. The molecule has 0 unspecified atom stereocenters. The average Bonchev–Trinajstić information content (AvgIpc) is 2.25. The topological polar surface area (TPSA) is 75.3 Å². The molecule has 0 heterocycles. The van der Waals surface area contributed by atoms with Gasteiger partial charge in [0.1, 0.15) is 0 Å². The lowest BCUT2D eigenvalue weighted by Gasteiger charge is -2.17. The zero-order valence-corrected chi connectivity index (χ0v) is 10.4. The van der Waals surface area contributed by atoms with Gasteiger partial charge in [0, 0.05) is 18.7 Å². The molecule has 17 heavy (non-hydrogen) atoms. The van der Waals surface area contributed by atoms with Crippen LogP contribution in [0, 0.1) is 0 Å². The number of aryl methyl sites for hydroxylation is 1. The standard InChI is InChI=1S/C13H20N2O2/c1-13(2,17)9-15-12(16)8-5-10-3-6-11(14)7-4-10/h3-4,6-7,17H,5,8-9,14H2,1-2H3,(H,15,16). The second-order valence-corrected chi connectivity index (χ2v) is 4.83. The van der Waals surface area contributed by atoms with E-state index < -0.39 is 5.60 Å². The largest absolute Gasteiger partial charge is 0.399 e. The lowest BCUT2D eigenvalue weighted by Crippen LogP contribution is -2.38. The molecule has 0 aliphatic heterocycles. The molecule has 0 aromatic heterocycles. The second kappa shape index (κ2) is 5.68. The maximum absolute atomic E-state index is 11.5. The first kappa shape index (κ1) is 13.5. The van der Waals surface area contributed by atoms with E-state index in [1.165, 1.54) is 0 Å². The van der Waals surface area contributed by atoms with Gasteiger partial charge >= 0.3 is 0 Å². The Balaban J connectivity index is 2.31. The van der Waals surface area contributed by atoms with Crippen molar-refractivity contribution in [1.29, 1.82) is 0 Å². The fraction of sp³-hybridized carbons (Fsp3) is 0.462. The van der Waals surface area contributed by atoms with Gasteiger partial charge in [-0.1, -0.05) is 12.1 Å². The number of hydrogen-bond donors (Lipinski definition) is 3. The average molecular weight is 236 g/mol. The maximum atomic E-state index is 11.5. The molecular weight excluding hydrogens is 216 g/mol. The molecule has 0 atom stereocenters. The van der Waals surface area contributed by atoms with Gasteiger partial charge in [-0.25, -0.2) is 0 Å². The number of hydrogen-bond acceptors (Lipinski definition) is 3. The minimum absolute atomic E-state index is 0.0519. The van der Waals surface area contributed by atoms with Gasteiger partial charge in [0.05, 0.1) is 5.60 Å². The van der Waals surface area contributed by atoms with Gasteiger partial charge in [0.25, 0.3) is 0 Å². The van der Waals surface area contributed by atoms with Crippen molar-refractivity contribution in [3.05, 3.63) is 29.8 Å². The van der Waals surface area contributed by atoms with Gasteiger partial charge in [0.2, 0.25) is 5.91 Å². The molecule has 0 bridgehead atoms. The Labute approximate surface area is 102 Å². The predicted molar refractivity (Wildman–Crippen MR) is 68.5 cm³/mol. The van der Waals surface area contributed by atoms with Crippen molar-refractivity contribution in [1.82, 2.24) is 5.32 Å². The maximum Gasteiger partial charge on any atom is 0.220 e. The SMILES string of the molecule is CC(C)(O)CNC(=O)CCc1ccc(N)cc1. The summed E-state index contributed by atoms with van der Waals surface area (Å²) in [6.45, 7) is 3.59. The van der Waals surface area contributed by atoms with Crippen LogP contribution < -0.4 is 11.1 Å². The lowest BCUT2D eigenvalue weighted by atomic mass is 10.1. The Morgan fingerprint density at radius 2 is 1.94 bits per heavy atom. The van der Waals surface area contributed by atoms with Gasteiger partial charge in [-0.15, -0.1) is 0 Å². The summed E-state index contributed by atoms with van der Waals surface area (Å²) in [6.07, 6.45) is 1.10. The van der Waals surface area contributed by atoms with Crippen LogP contribution in [0.25, 0.3) is 0 Å². The molecular formula is C13H20N2O2. The summed E-state index contributed by atoms with van der Waals surface area (Å²) in [6, 6.07) is 7.48. The van der Waals surface area contributed by atoms with Crippen molar-refractivity contribution >= 4 is 11.6 Å². The monoisotopic (exact) mass is 236 g/mol. The van der Waals surface area contributed by atoms with Crippen LogP contribution in [0.15, 0.2) is 24.3 Å². The molecule has 0 aliphatic rings. The normalized spacial score (nSPS) is 11.2. The third-order valence-corrected chi connectivity index (χ3v) is 2.34. The Bertz CT molecular complexity index is 366. The molecule has 94 valence electrons. The molecule has 1 aromatic rings. The summed E-state index contributed by atoms with van der Waals surface area (Å²) in [7, 11) is 0. The number of carbonyl (C=O) groups excluding carboxylic acids is 1. The summed E-state index contributed by atoms with van der Waals surface area (Å²) in [5.74, 6) is -0.0519. The molecule has 4 heteroatoms. The van der Waals surface area contributed by atoms with Crippen molar-refractivity contribution < 1.29 is 9.90 Å². The number of amides is 1. The van der Waals surface area contributed by atoms with Crippen molar-refractivity contribution in [3.63, 3.8) is 0 Å². The highest BCUT2D eigenvalue weighted by Gasteiger charge is 2.13. The van der Waals surface area contributed by atoms with Gasteiger partial charge in [-0.2, -0.15) is 0 Å². The first-order valence-electron chi connectivity index (χ1n) is 5.70.